The van der Waals surface area contributed by atoms with E-state index in [0.717, 1.165) is 12.1 Å². The minimum Gasteiger partial charge on any atom is -0.480 e. The molecular weight excluding hydrogens is 215 g/mol. The van der Waals surface area contributed by atoms with Crippen LogP contribution in [0.2, 0.25) is 0 Å². The van der Waals surface area contributed by atoms with Gasteiger partial charge < -0.3 is 16.6 Å². The molecule has 0 aliphatic rings. The standard InChI is InChI=1S/C10H11FN2O3/c11-5-1-2-7(12)6(3-5)9(14)4-8(13)10(15)16/h1-3,8H,4,12-13H2,(H,15,16). The molecule has 0 saturated heterocycles. The fraction of sp³-hybridized carbons (Fsp3) is 0.200. The van der Waals surface area contributed by atoms with Crippen LogP contribution in [0.3, 0.4) is 0 Å². The van der Waals surface area contributed by atoms with Crippen LogP contribution in [0, 0.1) is 5.82 Å². The molecule has 0 amide bonds. The number of benzene rings is 1. The van der Waals surface area contributed by atoms with Gasteiger partial charge in [0, 0.05) is 17.7 Å². The van der Waals surface area contributed by atoms with Crippen molar-refractivity contribution in [1.82, 2.24) is 0 Å². The molecule has 86 valence electrons. The number of aliphatic carboxylic acids is 1. The van der Waals surface area contributed by atoms with Crippen molar-refractivity contribution in [1.29, 1.82) is 0 Å². The predicted octanol–water partition coefficient (Wildman–Crippen LogP) is 0.393. The molecule has 0 spiro atoms. The number of rotatable bonds is 4. The fourth-order valence-electron chi connectivity index (χ4n) is 1.17. The van der Waals surface area contributed by atoms with Crippen molar-refractivity contribution < 1.29 is 19.1 Å². The lowest BCUT2D eigenvalue weighted by molar-refractivity contribution is -0.138. The van der Waals surface area contributed by atoms with E-state index in [-0.39, 0.29) is 11.3 Å². The minimum absolute atomic E-state index is 0.0447. The monoisotopic (exact) mass is 226 g/mol. The van der Waals surface area contributed by atoms with Crippen LogP contribution >= 0.6 is 0 Å². The van der Waals surface area contributed by atoms with E-state index in [2.05, 4.69) is 0 Å². The number of carbonyl (C=O) groups is 2. The minimum atomic E-state index is -1.31. The van der Waals surface area contributed by atoms with E-state index in [4.69, 9.17) is 16.6 Å². The van der Waals surface area contributed by atoms with Gasteiger partial charge in [0.1, 0.15) is 11.9 Å². The first kappa shape index (κ1) is 12.1. The third-order valence-corrected chi connectivity index (χ3v) is 2.04. The van der Waals surface area contributed by atoms with E-state index in [1.54, 1.807) is 0 Å². The molecule has 0 radical (unpaired) electrons. The van der Waals surface area contributed by atoms with Gasteiger partial charge in [-0.2, -0.15) is 0 Å². The molecule has 1 atom stereocenters. The van der Waals surface area contributed by atoms with Gasteiger partial charge in [0.15, 0.2) is 5.78 Å². The molecule has 1 aromatic rings. The maximum atomic E-state index is 12.8. The maximum absolute atomic E-state index is 12.8. The summed E-state index contributed by atoms with van der Waals surface area (Å²) in [6.45, 7) is 0. The number of ketones is 1. The molecule has 0 aliphatic heterocycles. The van der Waals surface area contributed by atoms with Crippen molar-refractivity contribution in [2.75, 3.05) is 5.73 Å². The van der Waals surface area contributed by atoms with Gasteiger partial charge in [-0.05, 0) is 18.2 Å². The fourth-order valence-corrected chi connectivity index (χ4v) is 1.17. The largest absolute Gasteiger partial charge is 0.480 e. The summed E-state index contributed by atoms with van der Waals surface area (Å²) >= 11 is 0. The Morgan fingerprint density at radius 2 is 2.06 bits per heavy atom. The Kier molecular flexibility index (Phi) is 3.57. The van der Waals surface area contributed by atoms with E-state index in [1.165, 1.54) is 6.07 Å². The quantitative estimate of drug-likeness (QED) is 0.508. The molecule has 0 bridgehead atoms. The molecule has 5 N–H and O–H groups in total. The number of halogens is 1. The van der Waals surface area contributed by atoms with Crippen LogP contribution in [0.5, 0.6) is 0 Å². The second-order valence-corrected chi connectivity index (χ2v) is 3.30. The highest BCUT2D eigenvalue weighted by molar-refractivity contribution is 6.02. The van der Waals surface area contributed by atoms with Gasteiger partial charge in [-0.1, -0.05) is 0 Å². The highest BCUT2D eigenvalue weighted by Gasteiger charge is 2.19. The van der Waals surface area contributed by atoms with Crippen molar-refractivity contribution >= 4 is 17.4 Å². The van der Waals surface area contributed by atoms with Crippen LogP contribution < -0.4 is 11.5 Å². The highest BCUT2D eigenvalue weighted by atomic mass is 19.1. The maximum Gasteiger partial charge on any atom is 0.320 e. The molecule has 1 unspecified atom stereocenters. The Morgan fingerprint density at radius 1 is 1.44 bits per heavy atom. The smallest absolute Gasteiger partial charge is 0.320 e. The number of hydrogen-bond donors (Lipinski definition) is 3. The van der Waals surface area contributed by atoms with Crippen molar-refractivity contribution in [2.45, 2.75) is 12.5 Å². The van der Waals surface area contributed by atoms with E-state index >= 15 is 0 Å². The van der Waals surface area contributed by atoms with Gasteiger partial charge in [0.05, 0.1) is 0 Å². The van der Waals surface area contributed by atoms with Crippen molar-refractivity contribution in [3.05, 3.63) is 29.6 Å². The Bertz CT molecular complexity index is 434. The van der Waals surface area contributed by atoms with Crippen LogP contribution in [-0.4, -0.2) is 22.9 Å². The highest BCUT2D eigenvalue weighted by Crippen LogP contribution is 2.15. The third kappa shape index (κ3) is 2.77. The number of carboxylic acids is 1. The lowest BCUT2D eigenvalue weighted by atomic mass is 10.0. The second-order valence-electron chi connectivity index (χ2n) is 3.30. The van der Waals surface area contributed by atoms with Crippen LogP contribution in [0.25, 0.3) is 0 Å². The summed E-state index contributed by atoms with van der Waals surface area (Å²) in [5.41, 5.74) is 10.7. The summed E-state index contributed by atoms with van der Waals surface area (Å²) in [5, 5.41) is 8.52. The van der Waals surface area contributed by atoms with E-state index in [1.807, 2.05) is 0 Å². The zero-order chi connectivity index (χ0) is 12.3. The Hall–Kier alpha value is -1.95. The molecule has 1 rings (SSSR count). The average molecular weight is 226 g/mol. The van der Waals surface area contributed by atoms with Gasteiger partial charge in [-0.3, -0.25) is 9.59 Å². The molecule has 1 aromatic carbocycles. The SMILES string of the molecule is Nc1ccc(F)cc1C(=O)CC(N)C(=O)O. The van der Waals surface area contributed by atoms with Gasteiger partial charge in [0.25, 0.3) is 0 Å². The number of carboxylic acid groups (broad SMARTS) is 1. The van der Waals surface area contributed by atoms with Crippen molar-refractivity contribution in [3.8, 4) is 0 Å². The number of anilines is 1. The van der Waals surface area contributed by atoms with E-state index in [0.29, 0.717) is 0 Å². The molecular formula is C10H11FN2O3. The average Bonchev–Trinajstić information content (AvgIpc) is 2.21. The van der Waals surface area contributed by atoms with Crippen LogP contribution in [0.15, 0.2) is 18.2 Å². The van der Waals surface area contributed by atoms with Crippen molar-refractivity contribution in [3.63, 3.8) is 0 Å². The summed E-state index contributed by atoms with van der Waals surface area (Å²) in [7, 11) is 0. The zero-order valence-corrected chi connectivity index (χ0v) is 8.31. The molecule has 0 aromatic heterocycles. The first-order valence-electron chi connectivity index (χ1n) is 4.48. The predicted molar refractivity (Wildman–Crippen MR) is 55.4 cm³/mol. The zero-order valence-electron chi connectivity index (χ0n) is 8.31. The van der Waals surface area contributed by atoms with Crippen LogP contribution in [-0.2, 0) is 4.79 Å². The second kappa shape index (κ2) is 4.71. The van der Waals surface area contributed by atoms with Gasteiger partial charge in [-0.15, -0.1) is 0 Å². The lowest BCUT2D eigenvalue weighted by Crippen LogP contribution is -2.32. The van der Waals surface area contributed by atoms with Gasteiger partial charge in [0.2, 0.25) is 0 Å². The van der Waals surface area contributed by atoms with Crippen LogP contribution in [0.1, 0.15) is 16.8 Å². The number of carbonyl (C=O) groups excluding carboxylic acids is 1. The summed E-state index contributed by atoms with van der Waals surface area (Å²) in [4.78, 5) is 22.0. The molecule has 0 fully saturated rings. The normalized spacial score (nSPS) is 12.1. The summed E-state index contributed by atoms with van der Waals surface area (Å²) in [5.74, 6) is -2.49. The molecule has 5 nitrogen and oxygen atoms in total. The molecule has 0 aliphatic carbocycles. The molecule has 16 heavy (non-hydrogen) atoms. The summed E-state index contributed by atoms with van der Waals surface area (Å²) in [6.07, 6.45) is -0.414. The van der Waals surface area contributed by atoms with E-state index < -0.39 is 30.0 Å². The Morgan fingerprint density at radius 3 is 2.62 bits per heavy atom. The molecule has 6 heteroatoms. The molecule has 0 saturated carbocycles. The number of nitrogens with two attached hydrogens (primary N) is 2. The summed E-state index contributed by atoms with van der Waals surface area (Å²) in [6, 6.07) is 2.01. The third-order valence-electron chi connectivity index (χ3n) is 2.04. The number of Topliss-reactive ketones (excluding diaryl/α,β-unsaturated/α-hetero) is 1. The summed E-state index contributed by atoms with van der Waals surface area (Å²) < 4.78 is 12.8. The Balaban J connectivity index is 2.88. The number of nitrogen functional groups attached to an aromatic ring is 1. The first-order chi connectivity index (χ1) is 7.41. The van der Waals surface area contributed by atoms with E-state index in [9.17, 15) is 14.0 Å². The van der Waals surface area contributed by atoms with Gasteiger partial charge in [-0.25, -0.2) is 4.39 Å². The topological polar surface area (TPSA) is 106 Å². The lowest BCUT2D eigenvalue weighted by Gasteiger charge is -2.07. The van der Waals surface area contributed by atoms with Crippen molar-refractivity contribution in [2.24, 2.45) is 5.73 Å². The first-order valence-corrected chi connectivity index (χ1v) is 4.48. The van der Waals surface area contributed by atoms with Crippen LogP contribution in [0.4, 0.5) is 10.1 Å². The number of hydrogen-bond acceptors (Lipinski definition) is 4. The van der Waals surface area contributed by atoms with Gasteiger partial charge >= 0.3 is 5.97 Å². The molecule has 0 heterocycles. The Labute approximate surface area is 90.9 Å².